The van der Waals surface area contributed by atoms with E-state index in [1.165, 1.54) is 51.4 Å². The lowest BCUT2D eigenvalue weighted by Crippen LogP contribution is -2.62. The van der Waals surface area contributed by atoms with Gasteiger partial charge in [0.05, 0.1) is 30.9 Å². The van der Waals surface area contributed by atoms with Crippen molar-refractivity contribution < 1.29 is 130 Å². The molecule has 0 spiro atoms. The Bertz CT molecular complexity index is 5350. The molecule has 3 fully saturated rings. The molecule has 732 valence electrons. The Labute approximate surface area is 783 Å². The number of carboxylic acids is 3. The van der Waals surface area contributed by atoms with Crippen LogP contribution >= 0.6 is 11.8 Å². The number of halogens is 3. The number of nitrogens with two attached hydrogens (primary N) is 1. The lowest BCUT2D eigenvalue weighted by molar-refractivity contribution is -0.152. The number of hydrogen-bond donors (Lipinski definition) is 17. The van der Waals surface area contributed by atoms with Crippen LogP contribution in [0.2, 0.25) is 0 Å². The van der Waals surface area contributed by atoms with Crippen molar-refractivity contribution in [3.63, 3.8) is 0 Å². The second kappa shape index (κ2) is 49.3. The number of phenols is 1. The normalized spacial score (nSPS) is 24.3. The lowest BCUT2D eigenvalue weighted by atomic mass is 9.98. The number of phenolic OH excluding ortho intramolecular Hbond substituents is 1. The Hall–Kier alpha value is -14.0. The molecule has 136 heavy (non-hydrogen) atoms. The number of thioether (sulfide) groups is 1. The highest BCUT2D eigenvalue weighted by Gasteiger charge is 2.48. The van der Waals surface area contributed by atoms with Gasteiger partial charge in [-0.15, -0.1) is 11.8 Å². The van der Waals surface area contributed by atoms with Gasteiger partial charge in [0.2, 0.25) is 88.6 Å². The Balaban J connectivity index is 1.15. The number of primary amides is 1. The Morgan fingerprint density at radius 3 is 1.54 bits per heavy atom. The lowest BCUT2D eigenvalue weighted by Gasteiger charge is -2.38. The number of aliphatic carboxylic acids is 3. The fraction of sp³-hybridized carbons (Fsp3) is 0.457. The zero-order valence-electron chi connectivity index (χ0n) is 75.4. The van der Waals surface area contributed by atoms with Gasteiger partial charge < -0.3 is 114 Å². The zero-order valence-corrected chi connectivity index (χ0v) is 76.2. The first kappa shape index (κ1) is 106. The number of carboxylic acid groups (broad SMARTS) is 3. The molecule has 3 aliphatic rings. The van der Waals surface area contributed by atoms with E-state index in [0.29, 0.717) is 57.9 Å². The molecule has 40 nitrogen and oxygen atoms in total. The summed E-state index contributed by atoms with van der Waals surface area (Å²) in [6.07, 6.45) is -9.16. The summed E-state index contributed by atoms with van der Waals surface area (Å²) >= 11 is 0.550. The number of aromatic amines is 1. The molecule has 18 N–H and O–H groups in total. The monoisotopic (exact) mass is 1910 g/mol. The number of para-hydroxylation sites is 1. The number of aliphatic hydroxyl groups excluding tert-OH is 2. The van der Waals surface area contributed by atoms with E-state index in [9.17, 15) is 78.2 Å². The molecule has 4 heterocycles. The maximum atomic E-state index is 15.7. The summed E-state index contributed by atoms with van der Waals surface area (Å²) in [4.78, 5) is 270. The summed E-state index contributed by atoms with van der Waals surface area (Å²) in [5.41, 5.74) is 6.85. The molecule has 15 atom stereocenters. The van der Waals surface area contributed by atoms with Gasteiger partial charge in [0, 0.05) is 115 Å². The van der Waals surface area contributed by atoms with E-state index in [1.54, 1.807) is 91.9 Å². The molecule has 0 radical (unpaired) electrons. The van der Waals surface area contributed by atoms with Crippen LogP contribution in [-0.2, 0) is 118 Å². The topological polar surface area (TPSA) is 595 Å². The molecule has 15 amide bonds. The average molecular weight is 1920 g/mol. The van der Waals surface area contributed by atoms with Gasteiger partial charge in [-0.2, -0.15) is 0 Å². The van der Waals surface area contributed by atoms with Crippen molar-refractivity contribution in [2.75, 3.05) is 52.3 Å². The van der Waals surface area contributed by atoms with Crippen LogP contribution in [0, 0.1) is 23.4 Å². The number of H-pyrrole nitrogens is 1. The number of nitrogens with zero attached hydrogens (tertiary/aromatic N) is 5. The molecular weight excluding hydrogens is 1800 g/mol. The number of amides is 15. The van der Waals surface area contributed by atoms with Crippen molar-refractivity contribution in [1.82, 2.24) is 77.3 Å². The first-order valence-corrected chi connectivity index (χ1v) is 45.2. The van der Waals surface area contributed by atoms with Crippen LogP contribution in [0.4, 0.5) is 13.2 Å². The number of hydrogen-bond acceptors (Lipinski definition) is 22. The zero-order chi connectivity index (χ0) is 99.6. The summed E-state index contributed by atoms with van der Waals surface area (Å²) in [6, 6.07) is 5.12. The van der Waals surface area contributed by atoms with E-state index in [-0.39, 0.29) is 37.0 Å². The molecule has 6 aromatic rings. The molecule has 0 bridgehead atoms. The van der Waals surface area contributed by atoms with Gasteiger partial charge in [0.25, 0.3) is 0 Å². The summed E-state index contributed by atoms with van der Waals surface area (Å²) in [5, 5.41) is 86.5. The quantitative estimate of drug-likeness (QED) is 0.0321. The number of rotatable bonds is 25. The number of aliphatic hydroxyl groups is 2. The highest BCUT2D eigenvalue weighted by Crippen LogP contribution is 2.29. The molecule has 3 saturated heterocycles. The molecule has 1 aromatic heterocycles. The van der Waals surface area contributed by atoms with E-state index < -0.39 is 322 Å². The SMILES string of the molecule is CCCC[C@H]1C(=O)N2C[C@H](O)C[C@@H]2C(=O)N[C@@H](CC(=O)O)C(=O)N[C@@H](C(C)C)C(=O)N(C)[C@@H](Cc2ccccc2)C(=O)N[C@@H](CCC(=O)O)C(=O)N2C[C@H](O)C[C@@H]2C(=O)N[C@@H](Cc2c[nH]c3ccccc23)C(=O)N[C@@H](Cc2ccc(O)cc2)C(=O)N[C@@H](CCC(=O)O)C(=O)N[C@H](C(=O)NCC(N)=O)CSCC(=O)N[C@@H](Cc2cc(F)c(F)c(F)c2)C(=O)N(C)[C@@H](Cc2ccccc2)C(=O)N1C. The van der Waals surface area contributed by atoms with Crippen LogP contribution in [0.5, 0.6) is 5.75 Å². The minimum Gasteiger partial charge on any atom is -0.508 e. The second-order valence-corrected chi connectivity index (χ2v) is 35.1. The van der Waals surface area contributed by atoms with Gasteiger partial charge in [-0.05, 0) is 83.3 Å². The predicted molar refractivity (Wildman–Crippen MR) is 481 cm³/mol. The van der Waals surface area contributed by atoms with E-state index in [1.807, 2.05) is 0 Å². The Kier molecular flexibility index (Phi) is 38.3. The summed E-state index contributed by atoms with van der Waals surface area (Å²) in [5.74, 6) is -30.0. The first-order chi connectivity index (χ1) is 64.5. The number of aromatic hydroxyl groups is 1. The minimum atomic E-state index is -2.09. The van der Waals surface area contributed by atoms with Crippen LogP contribution in [0.1, 0.15) is 113 Å². The molecule has 0 aliphatic carbocycles. The van der Waals surface area contributed by atoms with Crippen LogP contribution in [0.3, 0.4) is 0 Å². The average Bonchev–Trinajstić information content (AvgIpc) is 1.78. The summed E-state index contributed by atoms with van der Waals surface area (Å²) in [6.45, 7) is 2.54. The molecule has 0 unspecified atom stereocenters. The number of carbonyl (C=O) groups is 18. The maximum absolute atomic E-state index is 15.7. The Morgan fingerprint density at radius 1 is 0.493 bits per heavy atom. The molecular formula is C92H113F3N16O24S. The van der Waals surface area contributed by atoms with Gasteiger partial charge >= 0.3 is 17.9 Å². The van der Waals surface area contributed by atoms with Gasteiger partial charge in [0.1, 0.15) is 84.3 Å². The van der Waals surface area contributed by atoms with Gasteiger partial charge in [-0.25, -0.2) is 13.2 Å². The van der Waals surface area contributed by atoms with Crippen LogP contribution in [0.25, 0.3) is 10.9 Å². The van der Waals surface area contributed by atoms with E-state index in [0.717, 1.165) is 38.6 Å². The number of aromatic nitrogens is 1. The van der Waals surface area contributed by atoms with Crippen molar-refractivity contribution in [3.05, 3.63) is 173 Å². The minimum absolute atomic E-state index is 0.171. The maximum Gasteiger partial charge on any atom is 0.305 e. The Morgan fingerprint density at radius 2 is 0.978 bits per heavy atom. The van der Waals surface area contributed by atoms with Crippen molar-refractivity contribution in [3.8, 4) is 5.75 Å². The fourth-order valence-corrected chi connectivity index (χ4v) is 17.2. The third-order valence-electron chi connectivity index (χ3n) is 23.7. The smallest absolute Gasteiger partial charge is 0.305 e. The van der Waals surface area contributed by atoms with E-state index >= 15 is 51.9 Å². The first-order valence-electron chi connectivity index (χ1n) is 44.0. The molecule has 5 aromatic carbocycles. The fourth-order valence-electron chi connectivity index (χ4n) is 16.3. The molecule has 44 heteroatoms. The highest BCUT2D eigenvalue weighted by molar-refractivity contribution is 8.00. The van der Waals surface area contributed by atoms with Gasteiger partial charge in [-0.3, -0.25) is 86.3 Å². The number of nitrogens with one attached hydrogen (secondary N) is 10. The molecule has 9 rings (SSSR count). The second-order valence-electron chi connectivity index (χ2n) is 34.1. The summed E-state index contributed by atoms with van der Waals surface area (Å²) < 4.78 is 45.1. The number of fused-ring (bicyclic) bond motifs is 3. The van der Waals surface area contributed by atoms with E-state index in [4.69, 9.17) is 5.73 Å². The number of likely N-dealkylation sites (N-methyl/N-ethyl adjacent to an activating group) is 3. The van der Waals surface area contributed by atoms with Crippen LogP contribution in [0.15, 0.2) is 128 Å². The van der Waals surface area contributed by atoms with Gasteiger partial charge in [0.15, 0.2) is 17.5 Å². The van der Waals surface area contributed by atoms with Crippen LogP contribution < -0.4 is 53.6 Å². The largest absolute Gasteiger partial charge is 0.508 e. The highest BCUT2D eigenvalue weighted by atomic mass is 32.2. The van der Waals surface area contributed by atoms with Gasteiger partial charge in [-0.1, -0.05) is 125 Å². The molecule has 0 saturated carbocycles. The third kappa shape index (κ3) is 29.2. The van der Waals surface area contributed by atoms with Crippen LogP contribution in [-0.4, -0.2) is 310 Å². The standard InChI is InChI=1S/C92H113F3N16O24S/c1-7-8-23-68-91(134)111-45-56(114)40-71(111)87(130)104-65(41-77(121)122)84(127)106-79(48(2)3)92(135)108(5)69(36-49-17-11-9-12-18-49)85(128)101-62(29-31-76(119)120)89(132)110-44-55(113)39-70(110)86(129)103-64(38-53-42-97-60-22-16-15-21-57(53)60)83(126)102-63(34-51-24-26-54(112)27-25-51)82(125)100-61(28-30-75(117)118)81(124)105-67(80(123)98-43-73(96)115)46-136-47-74(116)99-66(35-52-32-58(93)78(95)59(94)33-52)88(131)109(6)72(90(133)107(68)4)37-50-19-13-10-14-20-50/h9-22,24-27,32-33,42,48,55-56,61-72,79,97,112-114H,7-8,23,28-31,34-41,43-47H2,1-6H3,(H2,96,115)(H,98,123)(H,99,116)(H,100,125)(H,101,128)(H,102,126)(H,103,129)(H,104,130)(H,105,124)(H,106,127)(H,117,118)(H,119,120)(H,121,122)/t55-,56-,61+,62+,63+,64+,65+,66+,67+,68+,69+,70-,71-,72+,79+/m1/s1. The third-order valence-corrected chi connectivity index (χ3v) is 24.7. The predicted octanol–water partition coefficient (Wildman–Crippen LogP) is -0.514. The van der Waals surface area contributed by atoms with Crippen molar-refractivity contribution >= 4 is 129 Å². The van der Waals surface area contributed by atoms with E-state index in [2.05, 4.69) is 52.8 Å². The van der Waals surface area contributed by atoms with Crippen molar-refractivity contribution in [2.45, 2.75) is 208 Å². The van der Waals surface area contributed by atoms with Crippen molar-refractivity contribution in [2.24, 2.45) is 11.7 Å². The number of unbranched alkanes of at least 4 members (excludes halogenated alkanes) is 1. The van der Waals surface area contributed by atoms with Crippen molar-refractivity contribution in [1.29, 1.82) is 0 Å². The number of carbonyl (C=O) groups excluding carboxylic acids is 15. The summed E-state index contributed by atoms with van der Waals surface area (Å²) in [7, 11) is 3.47. The number of benzene rings is 5. The molecule has 3 aliphatic heterocycles.